The zero-order valence-corrected chi connectivity index (χ0v) is 23.0. The van der Waals surface area contributed by atoms with Crippen LogP contribution in [0.25, 0.3) is 27.8 Å². The molecular weight excluding hydrogens is 506 g/mol. The first-order valence-corrected chi connectivity index (χ1v) is 13.5. The number of nitrogens with one attached hydrogen (secondary N) is 2. The van der Waals surface area contributed by atoms with E-state index in [4.69, 9.17) is 14.7 Å². The largest absolute Gasteiger partial charge is 0.474 e. The maximum Gasteiger partial charge on any atom is 0.278 e. The Kier molecular flexibility index (Phi) is 6.59. The molecule has 0 radical (unpaired) electrons. The molecule has 2 N–H and O–H groups in total. The average molecular weight is 540 g/mol. The van der Waals surface area contributed by atoms with Crippen LogP contribution >= 0.6 is 0 Å². The van der Waals surface area contributed by atoms with Gasteiger partial charge in [-0.05, 0) is 71.0 Å². The van der Waals surface area contributed by atoms with Crippen molar-refractivity contribution in [1.29, 1.82) is 0 Å². The Morgan fingerprint density at radius 2 is 2.00 bits per heavy atom. The first-order chi connectivity index (χ1) is 19.3. The Morgan fingerprint density at radius 3 is 2.77 bits per heavy atom. The van der Waals surface area contributed by atoms with Crippen molar-refractivity contribution < 1.29 is 4.74 Å². The first kappa shape index (κ1) is 25.8. The highest BCUT2D eigenvalue weighted by molar-refractivity contribution is 5.83. The molecule has 0 spiro atoms. The maximum atomic E-state index is 13.3. The molecule has 0 unspecified atom stereocenters. The molecule has 5 heterocycles. The van der Waals surface area contributed by atoms with E-state index in [2.05, 4.69) is 48.1 Å². The van der Waals surface area contributed by atoms with Crippen LogP contribution in [-0.4, -0.2) is 53.3 Å². The minimum absolute atomic E-state index is 0.103. The number of hydrogen-bond donors (Lipinski definition) is 2. The van der Waals surface area contributed by atoms with E-state index in [9.17, 15) is 4.79 Å². The molecule has 0 saturated carbocycles. The summed E-state index contributed by atoms with van der Waals surface area (Å²) in [7, 11) is 0. The van der Waals surface area contributed by atoms with E-state index in [0.29, 0.717) is 28.7 Å². The Hall–Kier alpha value is -4.51. The monoisotopic (exact) mass is 539 g/mol. The van der Waals surface area contributed by atoms with E-state index in [-0.39, 0.29) is 23.7 Å². The Morgan fingerprint density at radius 1 is 1.18 bits per heavy atom. The number of benzene rings is 1. The zero-order valence-electron chi connectivity index (χ0n) is 23.0. The van der Waals surface area contributed by atoms with Crippen LogP contribution in [0.4, 0.5) is 11.6 Å². The molecule has 11 nitrogen and oxygen atoms in total. The molecule has 1 aliphatic rings. The van der Waals surface area contributed by atoms with Crippen molar-refractivity contribution in [2.24, 2.45) is 0 Å². The summed E-state index contributed by atoms with van der Waals surface area (Å²) in [6, 6.07) is 11.5. The zero-order chi connectivity index (χ0) is 27.9. The number of allylic oxidation sites excluding steroid dienone is 1. The molecule has 0 atom stereocenters. The van der Waals surface area contributed by atoms with Gasteiger partial charge in [0.25, 0.3) is 5.56 Å². The summed E-state index contributed by atoms with van der Waals surface area (Å²) in [6.45, 7) is 12.3. The van der Waals surface area contributed by atoms with Gasteiger partial charge in [0.1, 0.15) is 11.5 Å². The van der Waals surface area contributed by atoms with E-state index in [1.54, 1.807) is 21.6 Å². The van der Waals surface area contributed by atoms with Gasteiger partial charge in [-0.1, -0.05) is 12.1 Å². The summed E-state index contributed by atoms with van der Waals surface area (Å²) >= 11 is 0. The van der Waals surface area contributed by atoms with Crippen molar-refractivity contribution >= 4 is 33.6 Å². The third-order valence-corrected chi connectivity index (χ3v) is 6.92. The highest BCUT2D eigenvalue weighted by Crippen LogP contribution is 2.25. The topological polar surface area (TPSA) is 117 Å². The molecular formula is C29H33N9O2. The molecule has 1 aliphatic heterocycles. The summed E-state index contributed by atoms with van der Waals surface area (Å²) in [6.07, 6.45) is 7.20. The fourth-order valence-electron chi connectivity index (χ4n) is 4.86. The average Bonchev–Trinajstić information content (AvgIpc) is 3.49. The van der Waals surface area contributed by atoms with Crippen molar-refractivity contribution in [2.75, 3.05) is 18.4 Å². The lowest BCUT2D eigenvalue weighted by Crippen LogP contribution is -2.34. The van der Waals surface area contributed by atoms with Crippen LogP contribution in [-0.2, 0) is 12.1 Å². The predicted molar refractivity (Wildman–Crippen MR) is 156 cm³/mol. The third-order valence-electron chi connectivity index (χ3n) is 6.92. The lowest BCUT2D eigenvalue weighted by molar-refractivity contribution is 0.156. The number of ether oxygens (including phenoxy) is 1. The van der Waals surface area contributed by atoms with Crippen molar-refractivity contribution in [3.8, 4) is 11.7 Å². The smallest absolute Gasteiger partial charge is 0.278 e. The van der Waals surface area contributed by atoms with Crippen LogP contribution in [0.15, 0.2) is 66.2 Å². The van der Waals surface area contributed by atoms with Gasteiger partial charge in [-0.3, -0.25) is 9.48 Å². The van der Waals surface area contributed by atoms with E-state index in [1.165, 1.54) is 0 Å². The molecule has 0 aliphatic carbocycles. The van der Waals surface area contributed by atoms with Crippen LogP contribution < -0.4 is 20.9 Å². The third kappa shape index (κ3) is 4.95. The minimum atomic E-state index is -0.219. The first-order valence-electron chi connectivity index (χ1n) is 13.5. The summed E-state index contributed by atoms with van der Waals surface area (Å²) in [5.41, 5.74) is 1.83. The molecule has 1 saturated heterocycles. The lowest BCUT2D eigenvalue weighted by Gasteiger charge is -2.23. The highest BCUT2D eigenvalue weighted by atomic mass is 16.5. The van der Waals surface area contributed by atoms with Gasteiger partial charge < -0.3 is 15.4 Å². The highest BCUT2D eigenvalue weighted by Gasteiger charge is 2.20. The number of piperidine rings is 1. The summed E-state index contributed by atoms with van der Waals surface area (Å²) in [5, 5.41) is 12.7. The molecule has 40 heavy (non-hydrogen) atoms. The Balaban J connectivity index is 1.37. The number of aromatic nitrogens is 7. The van der Waals surface area contributed by atoms with Crippen molar-refractivity contribution in [1.82, 2.24) is 39.4 Å². The molecule has 6 rings (SSSR count). The van der Waals surface area contributed by atoms with E-state index in [1.807, 2.05) is 47.3 Å². The SMILES string of the molecule is C=CCn1c(=O)c2cnc(Nc3ccc4nn(C(C)(C)C)cc4c3)nc2n1-c1cccc(OC2CCNCC2)n1. The summed E-state index contributed by atoms with van der Waals surface area (Å²) < 4.78 is 11.4. The van der Waals surface area contributed by atoms with Crippen LogP contribution in [0.5, 0.6) is 5.88 Å². The fraction of sp³-hybridized carbons (Fsp3) is 0.345. The van der Waals surface area contributed by atoms with Gasteiger partial charge in [0.05, 0.1) is 17.6 Å². The second-order valence-corrected chi connectivity index (χ2v) is 11.0. The normalized spacial score (nSPS) is 14.6. The van der Waals surface area contributed by atoms with Crippen LogP contribution in [0.2, 0.25) is 0 Å². The maximum absolute atomic E-state index is 13.3. The standard InChI is InChI=1S/C29H33N9O2/c1-5-15-36-27(39)22-17-31-28(32-20-9-10-23-19(16-20)18-37(35-23)29(2,3)4)34-26(22)38(36)24-7-6-8-25(33-24)40-21-11-13-30-14-12-21/h5-10,16-18,21,30H,1,11-15H2,2-4H3,(H,31,32,34). The van der Waals surface area contributed by atoms with Gasteiger partial charge in [-0.25, -0.2) is 14.3 Å². The number of fused-ring (bicyclic) bond motifs is 2. The van der Waals surface area contributed by atoms with Gasteiger partial charge in [-0.2, -0.15) is 15.1 Å². The van der Waals surface area contributed by atoms with Crippen LogP contribution in [0.3, 0.4) is 0 Å². The van der Waals surface area contributed by atoms with Crippen LogP contribution in [0, 0.1) is 0 Å². The Labute approximate surface area is 231 Å². The molecule has 1 aromatic carbocycles. The second kappa shape index (κ2) is 10.2. The molecule has 4 aromatic heterocycles. The summed E-state index contributed by atoms with van der Waals surface area (Å²) in [4.78, 5) is 27.3. The van der Waals surface area contributed by atoms with E-state index in [0.717, 1.165) is 42.5 Å². The molecule has 11 heteroatoms. The lowest BCUT2D eigenvalue weighted by atomic mass is 10.1. The predicted octanol–water partition coefficient (Wildman–Crippen LogP) is 4.14. The molecule has 1 fully saturated rings. The number of anilines is 2. The van der Waals surface area contributed by atoms with Crippen molar-refractivity contribution in [3.63, 3.8) is 0 Å². The number of hydrogen-bond acceptors (Lipinski definition) is 8. The quantitative estimate of drug-likeness (QED) is 0.297. The van der Waals surface area contributed by atoms with Crippen molar-refractivity contribution in [3.05, 3.63) is 71.8 Å². The molecule has 5 aromatic rings. The molecule has 0 amide bonds. The van der Waals surface area contributed by atoms with E-state index >= 15 is 0 Å². The minimum Gasteiger partial charge on any atom is -0.474 e. The summed E-state index contributed by atoms with van der Waals surface area (Å²) in [5.74, 6) is 1.41. The molecule has 206 valence electrons. The van der Waals surface area contributed by atoms with Gasteiger partial charge in [-0.15, -0.1) is 6.58 Å². The van der Waals surface area contributed by atoms with Crippen molar-refractivity contribution in [2.45, 2.75) is 51.8 Å². The fourth-order valence-corrected chi connectivity index (χ4v) is 4.86. The Bertz CT molecular complexity index is 1750. The molecule has 0 bridgehead atoms. The number of rotatable bonds is 7. The number of nitrogens with zero attached hydrogens (tertiary/aromatic N) is 7. The van der Waals surface area contributed by atoms with E-state index < -0.39 is 0 Å². The van der Waals surface area contributed by atoms with Gasteiger partial charge in [0.2, 0.25) is 11.8 Å². The van der Waals surface area contributed by atoms with Gasteiger partial charge in [0.15, 0.2) is 11.5 Å². The van der Waals surface area contributed by atoms with Gasteiger partial charge >= 0.3 is 0 Å². The van der Waals surface area contributed by atoms with Crippen LogP contribution in [0.1, 0.15) is 33.6 Å². The second-order valence-electron chi connectivity index (χ2n) is 11.0. The number of pyridine rings is 1. The van der Waals surface area contributed by atoms with Gasteiger partial charge in [0, 0.05) is 29.5 Å².